The third-order valence-electron chi connectivity index (χ3n) is 4.06. The second-order valence-electron chi connectivity index (χ2n) is 5.64. The zero-order valence-corrected chi connectivity index (χ0v) is 12.2. The number of sulfone groups is 1. The molecule has 114 valence electrons. The Bertz CT molecular complexity index is 504. The van der Waals surface area contributed by atoms with Gasteiger partial charge < -0.3 is 15.3 Å². The van der Waals surface area contributed by atoms with E-state index in [0.29, 0.717) is 6.54 Å². The van der Waals surface area contributed by atoms with E-state index in [4.69, 9.17) is 5.11 Å². The molecule has 2 heterocycles. The van der Waals surface area contributed by atoms with Gasteiger partial charge in [-0.15, -0.1) is 0 Å². The lowest BCUT2D eigenvalue weighted by Crippen LogP contribution is -2.54. The number of amides is 1. The van der Waals surface area contributed by atoms with E-state index in [1.165, 1.54) is 4.90 Å². The summed E-state index contributed by atoms with van der Waals surface area (Å²) in [5.41, 5.74) is 0. The predicted molar refractivity (Wildman–Crippen MR) is 71.9 cm³/mol. The molecule has 3 atom stereocenters. The Morgan fingerprint density at radius 3 is 2.60 bits per heavy atom. The van der Waals surface area contributed by atoms with Crippen molar-refractivity contribution >= 4 is 21.7 Å². The quantitative estimate of drug-likeness (QED) is 0.689. The van der Waals surface area contributed by atoms with Crippen molar-refractivity contribution in [3.63, 3.8) is 0 Å². The van der Waals surface area contributed by atoms with Gasteiger partial charge >= 0.3 is 5.97 Å². The molecule has 0 aromatic rings. The van der Waals surface area contributed by atoms with E-state index in [1.54, 1.807) is 0 Å². The third kappa shape index (κ3) is 3.29. The molecule has 1 amide bonds. The molecule has 20 heavy (non-hydrogen) atoms. The summed E-state index contributed by atoms with van der Waals surface area (Å²) in [7, 11) is -3.25. The second kappa shape index (κ2) is 5.69. The fourth-order valence-electron chi connectivity index (χ4n) is 2.90. The highest BCUT2D eigenvalue weighted by Crippen LogP contribution is 2.23. The van der Waals surface area contributed by atoms with Crippen LogP contribution in [0.1, 0.15) is 13.3 Å². The first-order chi connectivity index (χ1) is 9.30. The lowest BCUT2D eigenvalue weighted by molar-refractivity contribution is -0.142. The molecule has 2 fully saturated rings. The topological polar surface area (TPSA) is 104 Å². The van der Waals surface area contributed by atoms with Gasteiger partial charge in [-0.25, -0.2) is 8.42 Å². The van der Waals surface area contributed by atoms with Gasteiger partial charge in [0.15, 0.2) is 9.84 Å². The summed E-state index contributed by atoms with van der Waals surface area (Å²) in [6, 6.07) is -0.744. The molecule has 7 nitrogen and oxygen atoms in total. The van der Waals surface area contributed by atoms with Gasteiger partial charge in [0.1, 0.15) is 0 Å². The lowest BCUT2D eigenvalue weighted by atomic mass is 9.95. The van der Waals surface area contributed by atoms with Gasteiger partial charge in [-0.05, 0) is 12.5 Å². The van der Waals surface area contributed by atoms with Crippen LogP contribution >= 0.6 is 0 Å². The molecule has 0 aromatic heterocycles. The molecule has 2 N–H and O–H groups in total. The molecule has 1 unspecified atom stereocenters. The van der Waals surface area contributed by atoms with E-state index in [-0.39, 0.29) is 42.2 Å². The summed E-state index contributed by atoms with van der Waals surface area (Å²) >= 11 is 0. The van der Waals surface area contributed by atoms with Crippen LogP contribution in [0, 0.1) is 11.8 Å². The number of carbonyl (C=O) groups is 2. The van der Waals surface area contributed by atoms with Crippen LogP contribution in [0.25, 0.3) is 0 Å². The average Bonchev–Trinajstić information content (AvgIpc) is 2.73. The second-order valence-corrected chi connectivity index (χ2v) is 7.87. The molecule has 0 aromatic carbocycles. The Balaban J connectivity index is 2.15. The molecular weight excluding hydrogens is 284 g/mol. The van der Waals surface area contributed by atoms with Gasteiger partial charge in [0.2, 0.25) is 5.91 Å². The number of carboxylic acid groups (broad SMARTS) is 1. The van der Waals surface area contributed by atoms with E-state index in [0.717, 1.165) is 6.54 Å². The highest BCUT2D eigenvalue weighted by atomic mass is 32.2. The van der Waals surface area contributed by atoms with Gasteiger partial charge in [0, 0.05) is 13.1 Å². The number of rotatable bonds is 3. The first-order valence-electron chi connectivity index (χ1n) is 6.73. The fourth-order valence-corrected chi connectivity index (χ4v) is 4.43. The van der Waals surface area contributed by atoms with Crippen molar-refractivity contribution in [1.29, 1.82) is 0 Å². The van der Waals surface area contributed by atoms with Crippen molar-refractivity contribution in [2.45, 2.75) is 19.4 Å². The van der Waals surface area contributed by atoms with Crippen LogP contribution in [0.2, 0.25) is 0 Å². The first-order valence-corrected chi connectivity index (χ1v) is 8.55. The lowest BCUT2D eigenvalue weighted by Gasteiger charge is -2.36. The SMILES string of the molecule is C[C@@H]1CNC[C@H]1C(=O)N1CCS(=O)(=O)CC1CC(=O)O. The third-order valence-corrected chi connectivity index (χ3v) is 5.76. The zero-order chi connectivity index (χ0) is 14.9. The minimum absolute atomic E-state index is 0.0800. The monoisotopic (exact) mass is 304 g/mol. The summed E-state index contributed by atoms with van der Waals surface area (Å²) in [6.45, 7) is 3.40. The Morgan fingerprint density at radius 2 is 2.05 bits per heavy atom. The van der Waals surface area contributed by atoms with Crippen molar-refractivity contribution in [2.24, 2.45) is 11.8 Å². The number of aliphatic carboxylic acids is 1. The van der Waals surface area contributed by atoms with Crippen LogP contribution in [0.3, 0.4) is 0 Å². The highest BCUT2D eigenvalue weighted by molar-refractivity contribution is 7.91. The van der Waals surface area contributed by atoms with E-state index in [1.807, 2.05) is 6.92 Å². The number of carbonyl (C=O) groups excluding carboxylic acids is 1. The maximum Gasteiger partial charge on any atom is 0.305 e. The standard InChI is InChI=1S/C12H20N2O5S/c1-8-5-13-6-10(8)12(17)14-2-3-20(18,19)7-9(14)4-11(15)16/h8-10,13H,2-7H2,1H3,(H,15,16)/t8-,9?,10-/m1/s1. The molecule has 0 saturated carbocycles. The average molecular weight is 304 g/mol. The van der Waals surface area contributed by atoms with Crippen LogP contribution in [0.5, 0.6) is 0 Å². The molecule has 2 saturated heterocycles. The molecule has 2 rings (SSSR count). The van der Waals surface area contributed by atoms with Crippen LogP contribution in [0.15, 0.2) is 0 Å². The molecule has 0 bridgehead atoms. The van der Waals surface area contributed by atoms with Gasteiger partial charge in [-0.1, -0.05) is 6.92 Å². The number of hydrogen-bond donors (Lipinski definition) is 2. The van der Waals surface area contributed by atoms with Crippen LogP contribution < -0.4 is 5.32 Å². The Hall–Kier alpha value is -1.15. The van der Waals surface area contributed by atoms with Gasteiger partial charge in [-0.3, -0.25) is 9.59 Å². The van der Waals surface area contributed by atoms with Crippen LogP contribution in [-0.2, 0) is 19.4 Å². The van der Waals surface area contributed by atoms with Crippen LogP contribution in [0.4, 0.5) is 0 Å². The molecular formula is C12H20N2O5S. The van der Waals surface area contributed by atoms with E-state index >= 15 is 0 Å². The highest BCUT2D eigenvalue weighted by Gasteiger charge is 2.40. The van der Waals surface area contributed by atoms with E-state index < -0.39 is 21.8 Å². The van der Waals surface area contributed by atoms with Crippen molar-refractivity contribution in [2.75, 3.05) is 31.1 Å². The largest absolute Gasteiger partial charge is 0.481 e. The van der Waals surface area contributed by atoms with Gasteiger partial charge in [0.25, 0.3) is 0 Å². The minimum Gasteiger partial charge on any atom is -0.481 e. The van der Waals surface area contributed by atoms with E-state index in [2.05, 4.69) is 5.32 Å². The summed E-state index contributed by atoms with van der Waals surface area (Å²) in [6.07, 6.45) is -0.320. The van der Waals surface area contributed by atoms with E-state index in [9.17, 15) is 18.0 Å². The summed E-state index contributed by atoms with van der Waals surface area (Å²) in [5.74, 6) is -1.53. The Labute approximate surface area is 118 Å². The van der Waals surface area contributed by atoms with Crippen molar-refractivity contribution in [3.05, 3.63) is 0 Å². The normalized spacial score (nSPS) is 33.0. The molecule has 2 aliphatic rings. The molecule has 8 heteroatoms. The van der Waals surface area contributed by atoms with Gasteiger partial charge in [-0.2, -0.15) is 0 Å². The minimum atomic E-state index is -3.25. The summed E-state index contributed by atoms with van der Waals surface area (Å²) in [5, 5.41) is 12.0. The summed E-state index contributed by atoms with van der Waals surface area (Å²) < 4.78 is 23.3. The van der Waals surface area contributed by atoms with Crippen molar-refractivity contribution in [1.82, 2.24) is 10.2 Å². The molecule has 0 spiro atoms. The number of nitrogens with zero attached hydrogens (tertiary/aromatic N) is 1. The maximum atomic E-state index is 12.5. The van der Waals surface area contributed by atoms with Crippen LogP contribution in [-0.4, -0.2) is 67.5 Å². The number of nitrogens with one attached hydrogen (secondary N) is 1. The Morgan fingerprint density at radius 1 is 1.35 bits per heavy atom. The first kappa shape index (κ1) is 15.2. The number of hydrogen-bond acceptors (Lipinski definition) is 5. The maximum absolute atomic E-state index is 12.5. The van der Waals surface area contributed by atoms with Crippen molar-refractivity contribution < 1.29 is 23.1 Å². The fraction of sp³-hybridized carbons (Fsp3) is 0.833. The predicted octanol–water partition coefficient (Wildman–Crippen LogP) is -1.06. The Kier molecular flexibility index (Phi) is 4.33. The van der Waals surface area contributed by atoms with Crippen molar-refractivity contribution in [3.8, 4) is 0 Å². The zero-order valence-electron chi connectivity index (χ0n) is 11.4. The smallest absolute Gasteiger partial charge is 0.305 e. The molecule has 0 radical (unpaired) electrons. The molecule has 2 aliphatic heterocycles. The number of carboxylic acids is 1. The van der Waals surface area contributed by atoms with Gasteiger partial charge in [0.05, 0.1) is 29.9 Å². The molecule has 0 aliphatic carbocycles. The summed E-state index contributed by atoms with van der Waals surface area (Å²) in [4.78, 5) is 24.9.